The maximum absolute atomic E-state index is 13.1. The Morgan fingerprint density at radius 1 is 0.416 bits per heavy atom. The minimum atomic E-state index is -1.57. The van der Waals surface area contributed by atoms with Gasteiger partial charge in [0, 0.05) is 12.8 Å². The molecule has 1 amide bonds. The van der Waals surface area contributed by atoms with E-state index in [1.54, 1.807) is 6.08 Å². The first-order valence-electron chi connectivity index (χ1n) is 38.1. The number of aliphatic hydroxyl groups excluding tert-OH is 5. The summed E-state index contributed by atoms with van der Waals surface area (Å²) < 4.78 is 16.7. The van der Waals surface area contributed by atoms with E-state index >= 15 is 0 Å². The van der Waals surface area contributed by atoms with Gasteiger partial charge in [-0.15, -0.1) is 0 Å². The zero-order valence-corrected chi connectivity index (χ0v) is 57.9. The summed E-state index contributed by atoms with van der Waals surface area (Å²) >= 11 is 0. The second-order valence-electron chi connectivity index (χ2n) is 26.3. The van der Waals surface area contributed by atoms with Crippen LogP contribution in [-0.2, 0) is 23.8 Å². The first kappa shape index (κ1) is 84.4. The van der Waals surface area contributed by atoms with E-state index in [0.717, 1.165) is 70.6 Å². The molecule has 0 aromatic carbocycles. The molecule has 520 valence electrons. The van der Waals surface area contributed by atoms with Crippen LogP contribution in [0.5, 0.6) is 0 Å². The van der Waals surface area contributed by atoms with E-state index in [4.69, 9.17) is 14.2 Å². The molecule has 1 rings (SSSR count). The number of aliphatic hydroxyl groups is 5. The molecule has 0 radical (unpaired) electrons. The lowest BCUT2D eigenvalue weighted by molar-refractivity contribution is -0.302. The molecule has 89 heavy (non-hydrogen) atoms. The summed E-state index contributed by atoms with van der Waals surface area (Å²) in [6.07, 6.45) is 79.6. The Bertz CT molecular complexity index is 1660. The standard InChI is InChI=1S/C78H143NO10/c1-3-5-7-9-11-13-15-41-46-50-54-58-62-66-74(83)87-67-63-59-55-51-47-43-40-38-36-34-32-30-28-26-24-22-20-18-16-17-19-21-23-25-27-29-31-33-35-37-39-42-45-49-53-57-61-65-73(82)79-70(69-88-78-77(86)76(85)75(84)72(68-80)89-78)71(81)64-60-56-52-48-44-14-12-10-8-6-4-2/h7,9,13,15-16,18,22,24,60,64,70-72,75-78,80-81,84-86H,3-6,8,10-12,14,17,19-21,23,25-59,61-63,65-69H2,1-2H3,(H,79,82)/b9-7-,15-13-,18-16-,24-22-,64-60+. The van der Waals surface area contributed by atoms with Crippen molar-refractivity contribution < 1.29 is 49.3 Å². The number of carbonyl (C=O) groups excluding carboxylic acids is 2. The maximum atomic E-state index is 13.1. The molecule has 1 aliphatic rings. The molecule has 11 heteroatoms. The van der Waals surface area contributed by atoms with Gasteiger partial charge in [0.05, 0.1) is 32.0 Å². The van der Waals surface area contributed by atoms with Crippen molar-refractivity contribution in [1.82, 2.24) is 5.32 Å². The second-order valence-corrected chi connectivity index (χ2v) is 26.3. The lowest BCUT2D eigenvalue weighted by Crippen LogP contribution is -2.60. The molecule has 0 aliphatic carbocycles. The molecule has 1 aliphatic heterocycles. The molecule has 0 aromatic heterocycles. The van der Waals surface area contributed by atoms with Crippen molar-refractivity contribution in [3.8, 4) is 0 Å². The number of carbonyl (C=O) groups is 2. The molecule has 0 spiro atoms. The summed E-state index contributed by atoms with van der Waals surface area (Å²) in [5.74, 6) is -0.182. The van der Waals surface area contributed by atoms with Gasteiger partial charge in [0.15, 0.2) is 6.29 Å². The summed E-state index contributed by atoms with van der Waals surface area (Å²) in [5, 5.41) is 54.5. The fourth-order valence-corrected chi connectivity index (χ4v) is 11.9. The van der Waals surface area contributed by atoms with Crippen molar-refractivity contribution in [2.45, 2.75) is 403 Å². The summed E-state index contributed by atoms with van der Waals surface area (Å²) in [7, 11) is 0. The van der Waals surface area contributed by atoms with E-state index in [1.165, 1.54) is 263 Å². The van der Waals surface area contributed by atoms with E-state index in [0.29, 0.717) is 19.4 Å². The summed E-state index contributed by atoms with van der Waals surface area (Å²) in [6.45, 7) is 4.29. The number of esters is 1. The smallest absolute Gasteiger partial charge is 0.305 e. The average molecular weight is 1250 g/mol. The molecule has 1 fully saturated rings. The van der Waals surface area contributed by atoms with E-state index < -0.39 is 49.5 Å². The van der Waals surface area contributed by atoms with Gasteiger partial charge in [0.1, 0.15) is 24.4 Å². The fourth-order valence-electron chi connectivity index (χ4n) is 11.9. The van der Waals surface area contributed by atoms with Crippen LogP contribution in [0.25, 0.3) is 0 Å². The molecular formula is C78H143NO10. The molecule has 11 nitrogen and oxygen atoms in total. The van der Waals surface area contributed by atoms with E-state index in [2.05, 4.69) is 67.8 Å². The normalized spacial score (nSPS) is 18.0. The average Bonchev–Trinajstić information content (AvgIpc) is 1.91. The predicted molar refractivity (Wildman–Crippen MR) is 375 cm³/mol. The first-order chi connectivity index (χ1) is 43.7. The summed E-state index contributed by atoms with van der Waals surface area (Å²) in [6, 6.07) is -0.808. The van der Waals surface area contributed by atoms with Crippen LogP contribution in [0, 0.1) is 0 Å². The van der Waals surface area contributed by atoms with Crippen molar-refractivity contribution in [1.29, 1.82) is 0 Å². The number of ether oxygens (including phenoxy) is 3. The van der Waals surface area contributed by atoms with Gasteiger partial charge in [-0.3, -0.25) is 9.59 Å². The Kier molecular flexibility index (Phi) is 63.3. The van der Waals surface area contributed by atoms with Crippen molar-refractivity contribution in [2.24, 2.45) is 0 Å². The number of hydrogen-bond acceptors (Lipinski definition) is 10. The SMILES string of the molecule is CCC/C=C\C/C=C\CCCCCCCC(=O)OCCCCCCCCCCCCCCC/C=C\C/C=C\CCCCCCCCCCCCCCCCCCCC(=O)NC(COC1OC(CO)C(O)C(O)C1O)C(O)/C=C/CCCCCCCCCCC. The maximum Gasteiger partial charge on any atom is 0.305 e. The van der Waals surface area contributed by atoms with Crippen LogP contribution < -0.4 is 5.32 Å². The second kappa shape index (κ2) is 66.8. The largest absolute Gasteiger partial charge is 0.466 e. The number of allylic oxidation sites excluding steroid dienone is 9. The molecule has 0 saturated carbocycles. The van der Waals surface area contributed by atoms with Crippen LogP contribution in [0.3, 0.4) is 0 Å². The van der Waals surface area contributed by atoms with Gasteiger partial charge in [0.25, 0.3) is 0 Å². The molecule has 0 aromatic rings. The number of rotatable bonds is 67. The third-order valence-electron chi connectivity index (χ3n) is 17.8. The van der Waals surface area contributed by atoms with Gasteiger partial charge in [0.2, 0.25) is 5.91 Å². The lowest BCUT2D eigenvalue weighted by atomic mass is 9.99. The van der Waals surface area contributed by atoms with Gasteiger partial charge in [-0.2, -0.15) is 0 Å². The molecule has 1 heterocycles. The highest BCUT2D eigenvalue weighted by atomic mass is 16.7. The Labute approximate surface area is 548 Å². The van der Waals surface area contributed by atoms with Crippen LogP contribution in [0.4, 0.5) is 0 Å². The third-order valence-corrected chi connectivity index (χ3v) is 17.8. The van der Waals surface area contributed by atoms with Gasteiger partial charge < -0.3 is 45.1 Å². The van der Waals surface area contributed by atoms with Gasteiger partial charge >= 0.3 is 5.97 Å². The van der Waals surface area contributed by atoms with Crippen LogP contribution in [-0.4, -0.2) is 100 Å². The zero-order valence-electron chi connectivity index (χ0n) is 57.9. The first-order valence-corrected chi connectivity index (χ1v) is 38.1. The van der Waals surface area contributed by atoms with Crippen LogP contribution >= 0.6 is 0 Å². The summed E-state index contributed by atoms with van der Waals surface area (Å²) in [4.78, 5) is 25.1. The minimum Gasteiger partial charge on any atom is -0.466 e. The molecule has 1 saturated heterocycles. The molecule has 0 bridgehead atoms. The van der Waals surface area contributed by atoms with Gasteiger partial charge in [-0.05, 0) is 89.9 Å². The van der Waals surface area contributed by atoms with Gasteiger partial charge in [-0.25, -0.2) is 0 Å². The highest BCUT2D eigenvalue weighted by molar-refractivity contribution is 5.76. The minimum absolute atomic E-state index is 0.00297. The molecule has 7 atom stereocenters. The van der Waals surface area contributed by atoms with Gasteiger partial charge in [-0.1, -0.05) is 319 Å². The van der Waals surface area contributed by atoms with Crippen molar-refractivity contribution >= 4 is 11.9 Å². The fraction of sp³-hybridized carbons (Fsp3) is 0.846. The molecule has 7 unspecified atom stereocenters. The Balaban J connectivity index is 1.91. The number of amides is 1. The summed E-state index contributed by atoms with van der Waals surface area (Å²) in [5.41, 5.74) is 0. The number of unbranched alkanes of at least 4 members (excludes halogenated alkanes) is 45. The molecular weight excluding hydrogens is 1110 g/mol. The third kappa shape index (κ3) is 55.5. The monoisotopic (exact) mass is 1250 g/mol. The predicted octanol–water partition coefficient (Wildman–Crippen LogP) is 20.1. The quantitative estimate of drug-likeness (QED) is 0.0195. The van der Waals surface area contributed by atoms with E-state index in [1.807, 2.05) is 6.08 Å². The van der Waals surface area contributed by atoms with Crippen molar-refractivity contribution in [3.05, 3.63) is 60.8 Å². The highest BCUT2D eigenvalue weighted by Gasteiger charge is 2.44. The van der Waals surface area contributed by atoms with Crippen molar-refractivity contribution in [3.63, 3.8) is 0 Å². The van der Waals surface area contributed by atoms with Crippen LogP contribution in [0.15, 0.2) is 60.8 Å². The van der Waals surface area contributed by atoms with Crippen LogP contribution in [0.1, 0.15) is 361 Å². The van der Waals surface area contributed by atoms with E-state index in [-0.39, 0.29) is 18.5 Å². The van der Waals surface area contributed by atoms with Crippen molar-refractivity contribution in [2.75, 3.05) is 19.8 Å². The van der Waals surface area contributed by atoms with Crippen LogP contribution in [0.2, 0.25) is 0 Å². The number of hydrogen-bond donors (Lipinski definition) is 6. The van der Waals surface area contributed by atoms with E-state index in [9.17, 15) is 35.1 Å². The highest BCUT2D eigenvalue weighted by Crippen LogP contribution is 2.23. The molecule has 6 N–H and O–H groups in total. The Hall–Kier alpha value is -2.64. The number of nitrogens with one attached hydrogen (secondary N) is 1. The zero-order chi connectivity index (χ0) is 64.4. The lowest BCUT2D eigenvalue weighted by Gasteiger charge is -2.40. The topological polar surface area (TPSA) is 175 Å². The Morgan fingerprint density at radius 2 is 0.775 bits per heavy atom. The Morgan fingerprint density at radius 3 is 1.18 bits per heavy atom.